The highest BCUT2D eigenvalue weighted by Gasteiger charge is 2.05. The Morgan fingerprint density at radius 1 is 0.759 bits per heavy atom. The van der Waals surface area contributed by atoms with Crippen molar-refractivity contribution in [2.24, 2.45) is 0 Å². The Morgan fingerprint density at radius 3 is 2.17 bits per heavy atom. The van der Waals surface area contributed by atoms with Crippen LogP contribution in [-0.4, -0.2) is 18.4 Å². The van der Waals surface area contributed by atoms with E-state index < -0.39 is 0 Å². The van der Waals surface area contributed by atoms with E-state index in [1.807, 2.05) is 72.8 Å². The number of hydrogen-bond donors (Lipinski definition) is 2. The van der Waals surface area contributed by atoms with Gasteiger partial charge in [0.25, 0.3) is 5.91 Å². The van der Waals surface area contributed by atoms with Gasteiger partial charge < -0.3 is 10.6 Å². The van der Waals surface area contributed by atoms with E-state index >= 15 is 0 Å². The summed E-state index contributed by atoms with van der Waals surface area (Å²) in [6.45, 7) is 0.448. The lowest BCUT2D eigenvalue weighted by Gasteiger charge is -2.07. The molecule has 0 saturated heterocycles. The lowest BCUT2D eigenvalue weighted by Crippen LogP contribution is -2.25. The molecule has 4 heteroatoms. The third kappa shape index (κ3) is 6.67. The van der Waals surface area contributed by atoms with E-state index in [2.05, 4.69) is 22.5 Å². The summed E-state index contributed by atoms with van der Waals surface area (Å²) in [5.41, 5.74) is 3.11. The summed E-state index contributed by atoms with van der Waals surface area (Å²) >= 11 is 0. The number of hydrogen-bond acceptors (Lipinski definition) is 2. The van der Waals surface area contributed by atoms with Crippen LogP contribution in [0, 0.1) is 11.8 Å². The molecule has 2 N–H and O–H groups in total. The maximum absolute atomic E-state index is 12.2. The van der Waals surface area contributed by atoms with Gasteiger partial charge in [0.1, 0.15) is 0 Å². The second kappa shape index (κ2) is 10.5. The van der Waals surface area contributed by atoms with Gasteiger partial charge in [-0.05, 0) is 48.9 Å². The maximum Gasteiger partial charge on any atom is 0.251 e. The van der Waals surface area contributed by atoms with Crippen LogP contribution in [-0.2, 0) is 4.79 Å². The Balaban J connectivity index is 1.45. The van der Waals surface area contributed by atoms with Gasteiger partial charge in [-0.25, -0.2) is 0 Å². The van der Waals surface area contributed by atoms with Gasteiger partial charge in [-0.15, -0.1) is 0 Å². The number of anilines is 1. The molecule has 3 aromatic rings. The third-order valence-electron chi connectivity index (χ3n) is 4.17. The smallest absolute Gasteiger partial charge is 0.251 e. The van der Waals surface area contributed by atoms with Crippen molar-refractivity contribution in [3.05, 3.63) is 102 Å². The monoisotopic (exact) mass is 382 g/mol. The Labute approximate surface area is 171 Å². The van der Waals surface area contributed by atoms with Crippen LogP contribution >= 0.6 is 0 Å². The number of nitrogens with one attached hydrogen (secondary N) is 2. The zero-order valence-corrected chi connectivity index (χ0v) is 16.0. The molecule has 2 amide bonds. The molecule has 0 saturated carbocycles. The molecule has 0 unspecified atom stereocenters. The zero-order chi connectivity index (χ0) is 20.3. The van der Waals surface area contributed by atoms with Crippen molar-refractivity contribution in [1.82, 2.24) is 5.32 Å². The van der Waals surface area contributed by atoms with Crippen molar-refractivity contribution in [2.45, 2.75) is 12.8 Å². The molecule has 0 aromatic heterocycles. The first kappa shape index (κ1) is 19.9. The summed E-state index contributed by atoms with van der Waals surface area (Å²) in [5.74, 6) is 5.99. The molecule has 29 heavy (non-hydrogen) atoms. The predicted octanol–water partition coefficient (Wildman–Crippen LogP) is 4.24. The highest BCUT2D eigenvalue weighted by Crippen LogP contribution is 2.11. The molecule has 0 spiro atoms. The van der Waals surface area contributed by atoms with Crippen LogP contribution in [0.15, 0.2) is 84.9 Å². The van der Waals surface area contributed by atoms with Crippen molar-refractivity contribution in [3.8, 4) is 11.8 Å². The van der Waals surface area contributed by atoms with E-state index in [4.69, 9.17) is 0 Å². The summed E-state index contributed by atoms with van der Waals surface area (Å²) in [7, 11) is 0. The average Bonchev–Trinajstić information content (AvgIpc) is 2.77. The lowest BCUT2D eigenvalue weighted by molar-refractivity contribution is -0.116. The van der Waals surface area contributed by atoms with Crippen LogP contribution in [0.25, 0.3) is 0 Å². The van der Waals surface area contributed by atoms with E-state index in [1.165, 1.54) is 0 Å². The Kier molecular flexibility index (Phi) is 7.20. The summed E-state index contributed by atoms with van der Waals surface area (Å²) in [6.07, 6.45) is 0.896. The number of carbonyl (C=O) groups excluding carboxylic acids is 2. The molecular formula is C25H22N2O2. The first-order valence-corrected chi connectivity index (χ1v) is 9.51. The first-order chi connectivity index (χ1) is 14.2. The van der Waals surface area contributed by atoms with Crippen molar-refractivity contribution in [3.63, 3.8) is 0 Å². The minimum Gasteiger partial charge on any atom is -0.352 e. The Hall–Kier alpha value is -3.84. The Morgan fingerprint density at radius 2 is 1.41 bits per heavy atom. The maximum atomic E-state index is 12.2. The molecule has 0 aliphatic carbocycles. The highest BCUT2D eigenvalue weighted by atomic mass is 16.2. The molecule has 144 valence electrons. The van der Waals surface area contributed by atoms with Gasteiger partial charge >= 0.3 is 0 Å². The largest absolute Gasteiger partial charge is 0.352 e. The molecule has 0 bridgehead atoms. The van der Waals surface area contributed by atoms with E-state index in [0.717, 1.165) is 11.1 Å². The number of rotatable bonds is 6. The molecule has 0 radical (unpaired) electrons. The van der Waals surface area contributed by atoms with Crippen LogP contribution in [0.4, 0.5) is 5.69 Å². The highest BCUT2D eigenvalue weighted by molar-refractivity contribution is 5.94. The van der Waals surface area contributed by atoms with Gasteiger partial charge in [0.2, 0.25) is 5.91 Å². The van der Waals surface area contributed by atoms with E-state index in [0.29, 0.717) is 30.6 Å². The minimum atomic E-state index is -0.129. The van der Waals surface area contributed by atoms with Crippen LogP contribution < -0.4 is 10.6 Å². The zero-order valence-electron chi connectivity index (χ0n) is 16.0. The van der Waals surface area contributed by atoms with Gasteiger partial charge in [0.05, 0.1) is 0 Å². The van der Waals surface area contributed by atoms with Crippen LogP contribution in [0.3, 0.4) is 0 Å². The molecule has 3 rings (SSSR count). The van der Waals surface area contributed by atoms with Crippen molar-refractivity contribution >= 4 is 17.5 Å². The summed E-state index contributed by atoms with van der Waals surface area (Å²) in [4.78, 5) is 24.1. The van der Waals surface area contributed by atoms with Crippen molar-refractivity contribution in [1.29, 1.82) is 0 Å². The van der Waals surface area contributed by atoms with Gasteiger partial charge in [0, 0.05) is 35.3 Å². The second-order valence-corrected chi connectivity index (χ2v) is 6.47. The summed E-state index contributed by atoms with van der Waals surface area (Å²) in [6, 6.07) is 26.2. The first-order valence-electron chi connectivity index (χ1n) is 9.51. The molecule has 0 atom stereocenters. The topological polar surface area (TPSA) is 58.2 Å². The summed E-state index contributed by atoms with van der Waals surface area (Å²) < 4.78 is 0. The normalized spacial score (nSPS) is 9.79. The van der Waals surface area contributed by atoms with Crippen molar-refractivity contribution in [2.75, 3.05) is 11.9 Å². The number of benzene rings is 3. The van der Waals surface area contributed by atoms with Gasteiger partial charge in [-0.3, -0.25) is 9.59 Å². The molecule has 3 aromatic carbocycles. The van der Waals surface area contributed by atoms with E-state index in [9.17, 15) is 9.59 Å². The number of amides is 2. The SMILES string of the molecule is O=C(CCCNC(=O)c1ccccc1)Nc1cccc(C#Cc2ccccc2)c1. The molecule has 0 aliphatic heterocycles. The molecular weight excluding hydrogens is 360 g/mol. The van der Waals surface area contributed by atoms with Crippen LogP contribution in [0.5, 0.6) is 0 Å². The molecule has 0 fully saturated rings. The van der Waals surface area contributed by atoms with E-state index in [-0.39, 0.29) is 11.8 Å². The predicted molar refractivity (Wildman–Crippen MR) is 116 cm³/mol. The third-order valence-corrected chi connectivity index (χ3v) is 4.17. The van der Waals surface area contributed by atoms with Gasteiger partial charge in [-0.1, -0.05) is 54.3 Å². The van der Waals surface area contributed by atoms with Gasteiger partial charge in [-0.2, -0.15) is 0 Å². The molecule has 4 nitrogen and oxygen atoms in total. The van der Waals surface area contributed by atoms with E-state index in [1.54, 1.807) is 12.1 Å². The Bertz CT molecular complexity index is 1020. The quantitative estimate of drug-likeness (QED) is 0.495. The lowest BCUT2D eigenvalue weighted by atomic mass is 10.1. The number of carbonyl (C=O) groups is 2. The fourth-order valence-corrected chi connectivity index (χ4v) is 2.71. The molecule has 0 heterocycles. The standard InChI is InChI=1S/C25H22N2O2/c28-24(15-8-18-26-25(29)22-12-5-2-6-13-22)27-23-14-7-11-21(19-23)17-16-20-9-3-1-4-10-20/h1-7,9-14,19H,8,15,18H2,(H,26,29)(H,27,28). The van der Waals surface area contributed by atoms with Crippen LogP contribution in [0.1, 0.15) is 34.3 Å². The molecule has 0 aliphatic rings. The fraction of sp³-hybridized carbons (Fsp3) is 0.120. The second-order valence-electron chi connectivity index (χ2n) is 6.47. The average molecular weight is 382 g/mol. The minimum absolute atomic E-state index is 0.0906. The summed E-state index contributed by atoms with van der Waals surface area (Å²) in [5, 5.41) is 5.70. The fourth-order valence-electron chi connectivity index (χ4n) is 2.71. The van der Waals surface area contributed by atoms with Crippen LogP contribution in [0.2, 0.25) is 0 Å². The van der Waals surface area contributed by atoms with Gasteiger partial charge in [0.15, 0.2) is 0 Å². The van der Waals surface area contributed by atoms with Crippen molar-refractivity contribution < 1.29 is 9.59 Å².